The van der Waals surface area contributed by atoms with E-state index in [1.165, 1.54) is 6.92 Å². The van der Waals surface area contributed by atoms with Crippen molar-refractivity contribution < 1.29 is 14.7 Å². The molecule has 0 bridgehead atoms. The lowest BCUT2D eigenvalue weighted by Crippen LogP contribution is -2.46. The van der Waals surface area contributed by atoms with E-state index in [0.717, 1.165) is 19.4 Å². The Balaban J connectivity index is 3.69. The Bertz CT molecular complexity index is 229. The first-order chi connectivity index (χ1) is 7.43. The first-order valence-electron chi connectivity index (χ1n) is 5.64. The molecule has 0 aliphatic heterocycles. The maximum Gasteiger partial charge on any atom is 0.327 e. The van der Waals surface area contributed by atoms with Crippen LogP contribution in [0.1, 0.15) is 33.6 Å². The van der Waals surface area contributed by atoms with Crippen LogP contribution in [-0.2, 0) is 9.59 Å². The molecule has 0 spiro atoms. The highest BCUT2D eigenvalue weighted by molar-refractivity contribution is 5.82. The van der Waals surface area contributed by atoms with Gasteiger partial charge in [-0.15, -0.1) is 0 Å². The molecule has 3 N–H and O–H groups in total. The van der Waals surface area contributed by atoms with Crippen LogP contribution < -0.4 is 10.6 Å². The molecule has 0 rings (SSSR count). The monoisotopic (exact) mass is 230 g/mol. The molecule has 0 saturated carbocycles. The Kier molecular flexibility index (Phi) is 7.54. The number of nitrogens with one attached hydrogen (secondary N) is 2. The maximum absolute atomic E-state index is 10.8. The Labute approximate surface area is 96.6 Å². The van der Waals surface area contributed by atoms with E-state index in [1.54, 1.807) is 0 Å². The molecule has 0 saturated heterocycles. The quantitative estimate of drug-likeness (QED) is 0.534. The molecule has 94 valence electrons. The van der Waals surface area contributed by atoms with Crippen molar-refractivity contribution >= 4 is 11.9 Å². The Hall–Kier alpha value is -1.10. The zero-order chi connectivity index (χ0) is 12.6. The lowest BCUT2D eigenvalue weighted by Gasteiger charge is -2.14. The van der Waals surface area contributed by atoms with Crippen molar-refractivity contribution in [3.63, 3.8) is 0 Å². The fourth-order valence-electron chi connectivity index (χ4n) is 1.33. The summed E-state index contributed by atoms with van der Waals surface area (Å²) in [7, 11) is 0. The molecule has 5 heteroatoms. The van der Waals surface area contributed by atoms with Gasteiger partial charge in [-0.05, 0) is 25.3 Å². The van der Waals surface area contributed by atoms with Gasteiger partial charge in [-0.3, -0.25) is 4.79 Å². The van der Waals surface area contributed by atoms with E-state index in [-0.39, 0.29) is 12.5 Å². The molecule has 0 aromatic carbocycles. The van der Waals surface area contributed by atoms with Crippen molar-refractivity contribution in [2.75, 3.05) is 13.1 Å². The third-order valence-electron chi connectivity index (χ3n) is 2.16. The summed E-state index contributed by atoms with van der Waals surface area (Å²) in [6.07, 6.45) is 2.13. The van der Waals surface area contributed by atoms with Gasteiger partial charge in [0.2, 0.25) is 5.91 Å². The standard InChI is InChI=1S/C11H22N2O3/c1-8(2)5-4-6-12-7-10(11(15)16)13-9(3)14/h8,10,12H,4-7H2,1-3H3,(H,13,14)(H,15,16). The fourth-order valence-corrected chi connectivity index (χ4v) is 1.33. The first kappa shape index (κ1) is 14.9. The van der Waals surface area contributed by atoms with Gasteiger partial charge in [0, 0.05) is 13.5 Å². The molecule has 1 atom stereocenters. The minimum absolute atomic E-state index is 0.271. The highest BCUT2D eigenvalue weighted by Crippen LogP contribution is 2.01. The molecule has 0 aliphatic carbocycles. The highest BCUT2D eigenvalue weighted by Gasteiger charge is 2.17. The van der Waals surface area contributed by atoms with E-state index >= 15 is 0 Å². The molecular weight excluding hydrogens is 208 g/mol. The van der Waals surface area contributed by atoms with E-state index in [2.05, 4.69) is 24.5 Å². The molecule has 1 unspecified atom stereocenters. The van der Waals surface area contributed by atoms with Crippen molar-refractivity contribution in [2.45, 2.75) is 39.7 Å². The van der Waals surface area contributed by atoms with Gasteiger partial charge in [0.15, 0.2) is 0 Å². The molecule has 0 aromatic rings. The minimum Gasteiger partial charge on any atom is -0.480 e. The van der Waals surface area contributed by atoms with E-state index in [4.69, 9.17) is 5.11 Å². The van der Waals surface area contributed by atoms with Gasteiger partial charge in [0.25, 0.3) is 0 Å². The summed E-state index contributed by atoms with van der Waals surface area (Å²) < 4.78 is 0. The van der Waals surface area contributed by atoms with E-state index < -0.39 is 12.0 Å². The van der Waals surface area contributed by atoms with Crippen molar-refractivity contribution in [3.05, 3.63) is 0 Å². The summed E-state index contributed by atoms with van der Waals surface area (Å²) in [5, 5.41) is 14.2. The summed E-state index contributed by atoms with van der Waals surface area (Å²) >= 11 is 0. The number of hydrogen-bond acceptors (Lipinski definition) is 3. The lowest BCUT2D eigenvalue weighted by molar-refractivity contribution is -0.141. The summed E-state index contributed by atoms with van der Waals surface area (Å²) in [4.78, 5) is 21.5. The summed E-state index contributed by atoms with van der Waals surface area (Å²) in [6.45, 7) is 6.66. The molecule has 16 heavy (non-hydrogen) atoms. The van der Waals surface area contributed by atoms with Gasteiger partial charge in [0.1, 0.15) is 6.04 Å². The van der Waals surface area contributed by atoms with Crippen LogP contribution in [0.3, 0.4) is 0 Å². The van der Waals surface area contributed by atoms with E-state index in [1.807, 2.05) is 0 Å². The lowest BCUT2D eigenvalue weighted by atomic mass is 10.1. The number of carboxylic acid groups (broad SMARTS) is 1. The zero-order valence-electron chi connectivity index (χ0n) is 10.2. The molecular formula is C11H22N2O3. The topological polar surface area (TPSA) is 78.4 Å². The molecule has 0 heterocycles. The van der Waals surface area contributed by atoms with Gasteiger partial charge < -0.3 is 15.7 Å². The van der Waals surface area contributed by atoms with Crippen LogP contribution in [0.15, 0.2) is 0 Å². The number of carbonyl (C=O) groups excluding carboxylic acids is 1. The van der Waals surface area contributed by atoms with E-state index in [9.17, 15) is 9.59 Å². The highest BCUT2D eigenvalue weighted by atomic mass is 16.4. The van der Waals surface area contributed by atoms with Crippen LogP contribution in [0.25, 0.3) is 0 Å². The minimum atomic E-state index is -1.01. The second-order valence-corrected chi connectivity index (χ2v) is 4.33. The predicted octanol–water partition coefficient (Wildman–Crippen LogP) is 0.601. The fraction of sp³-hybridized carbons (Fsp3) is 0.818. The number of hydrogen-bond donors (Lipinski definition) is 3. The SMILES string of the molecule is CC(=O)NC(CNCCCC(C)C)C(=O)O. The third-order valence-corrected chi connectivity index (χ3v) is 2.16. The van der Waals surface area contributed by atoms with Crippen molar-refractivity contribution in [3.8, 4) is 0 Å². The number of amides is 1. The van der Waals surface area contributed by atoms with Gasteiger partial charge in [0.05, 0.1) is 0 Å². The maximum atomic E-state index is 10.8. The van der Waals surface area contributed by atoms with Gasteiger partial charge in [-0.2, -0.15) is 0 Å². The Morgan fingerprint density at radius 1 is 1.31 bits per heavy atom. The van der Waals surface area contributed by atoms with Crippen molar-refractivity contribution in [1.29, 1.82) is 0 Å². The molecule has 0 radical (unpaired) electrons. The average Bonchev–Trinajstić information content (AvgIpc) is 2.14. The number of aliphatic carboxylic acids is 1. The van der Waals surface area contributed by atoms with Crippen LogP contribution >= 0.6 is 0 Å². The molecule has 0 fully saturated rings. The normalized spacial score (nSPS) is 12.5. The van der Waals surface area contributed by atoms with Crippen LogP contribution in [0, 0.1) is 5.92 Å². The van der Waals surface area contributed by atoms with Crippen LogP contribution in [-0.4, -0.2) is 36.1 Å². The second-order valence-electron chi connectivity index (χ2n) is 4.33. The zero-order valence-corrected chi connectivity index (χ0v) is 10.2. The summed E-state index contributed by atoms with van der Waals surface area (Å²) in [5.41, 5.74) is 0. The largest absolute Gasteiger partial charge is 0.480 e. The van der Waals surface area contributed by atoms with E-state index in [0.29, 0.717) is 5.92 Å². The van der Waals surface area contributed by atoms with Crippen LogP contribution in [0.4, 0.5) is 0 Å². The van der Waals surface area contributed by atoms with Gasteiger partial charge in [-0.1, -0.05) is 13.8 Å². The van der Waals surface area contributed by atoms with Crippen LogP contribution in [0.5, 0.6) is 0 Å². The number of rotatable bonds is 8. The van der Waals surface area contributed by atoms with Crippen molar-refractivity contribution in [2.24, 2.45) is 5.92 Å². The third kappa shape index (κ3) is 8.23. The Morgan fingerprint density at radius 2 is 1.94 bits per heavy atom. The number of carboxylic acids is 1. The summed E-state index contributed by atoms with van der Waals surface area (Å²) in [6, 6.07) is -0.837. The molecule has 0 aliphatic rings. The molecule has 0 aromatic heterocycles. The van der Waals surface area contributed by atoms with Gasteiger partial charge in [-0.25, -0.2) is 4.79 Å². The summed E-state index contributed by atoms with van der Waals surface area (Å²) in [5.74, 6) is -0.671. The number of carbonyl (C=O) groups is 2. The van der Waals surface area contributed by atoms with Crippen molar-refractivity contribution in [1.82, 2.24) is 10.6 Å². The smallest absolute Gasteiger partial charge is 0.327 e. The van der Waals surface area contributed by atoms with Crippen LogP contribution in [0.2, 0.25) is 0 Å². The molecule has 5 nitrogen and oxygen atoms in total. The Morgan fingerprint density at radius 3 is 2.38 bits per heavy atom. The first-order valence-corrected chi connectivity index (χ1v) is 5.64. The molecule has 1 amide bonds. The average molecular weight is 230 g/mol. The van der Waals surface area contributed by atoms with Gasteiger partial charge >= 0.3 is 5.97 Å². The predicted molar refractivity (Wildman–Crippen MR) is 62.2 cm³/mol. The second kappa shape index (κ2) is 8.10.